The summed E-state index contributed by atoms with van der Waals surface area (Å²) in [6, 6.07) is 21.5. The van der Waals surface area contributed by atoms with E-state index >= 15 is 0 Å². The monoisotopic (exact) mass is 499 g/mol. The second-order valence-electron chi connectivity index (χ2n) is 10.1. The molecular formula is C31H33NO5. The van der Waals surface area contributed by atoms with Gasteiger partial charge in [-0.1, -0.05) is 69.3 Å². The highest BCUT2D eigenvalue weighted by atomic mass is 16.5. The van der Waals surface area contributed by atoms with Gasteiger partial charge < -0.3 is 19.5 Å². The molecule has 1 heterocycles. The summed E-state index contributed by atoms with van der Waals surface area (Å²) in [7, 11) is 1.52. The first-order chi connectivity index (χ1) is 17.7. The van der Waals surface area contributed by atoms with Gasteiger partial charge in [0.05, 0.1) is 30.9 Å². The van der Waals surface area contributed by atoms with Crippen molar-refractivity contribution in [3.63, 3.8) is 0 Å². The summed E-state index contributed by atoms with van der Waals surface area (Å²) < 4.78 is 11.1. The number of ketones is 1. The van der Waals surface area contributed by atoms with Crippen LogP contribution >= 0.6 is 0 Å². The van der Waals surface area contributed by atoms with Gasteiger partial charge in [0.15, 0.2) is 0 Å². The molecule has 1 N–H and O–H groups in total. The van der Waals surface area contributed by atoms with Crippen LogP contribution in [0.4, 0.5) is 0 Å². The number of aliphatic hydroxyl groups excluding tert-OH is 1. The Morgan fingerprint density at radius 3 is 2.24 bits per heavy atom. The molecule has 1 atom stereocenters. The van der Waals surface area contributed by atoms with Gasteiger partial charge in [-0.15, -0.1) is 0 Å². The SMILES string of the molecule is CCOc1ccc(CN2C(=O)C(=O)/C(=C(/O)c3cc(C(C)(C)C)ccc3OC)C2c2ccccc2)cc1. The molecule has 4 rings (SSSR count). The Hall–Kier alpha value is -4.06. The van der Waals surface area contributed by atoms with E-state index in [4.69, 9.17) is 9.47 Å². The van der Waals surface area contributed by atoms with Crippen LogP contribution in [0.3, 0.4) is 0 Å². The quantitative estimate of drug-likeness (QED) is 0.245. The number of benzene rings is 3. The highest BCUT2D eigenvalue weighted by Gasteiger charge is 2.46. The van der Waals surface area contributed by atoms with Gasteiger partial charge in [0, 0.05) is 6.54 Å². The summed E-state index contributed by atoms with van der Waals surface area (Å²) in [5.41, 5.74) is 2.79. The smallest absolute Gasteiger partial charge is 0.295 e. The zero-order valence-corrected chi connectivity index (χ0v) is 21.9. The zero-order valence-electron chi connectivity index (χ0n) is 21.9. The first kappa shape index (κ1) is 26.0. The highest BCUT2D eigenvalue weighted by molar-refractivity contribution is 6.46. The lowest BCUT2D eigenvalue weighted by Gasteiger charge is -2.26. The number of methoxy groups -OCH3 is 1. The van der Waals surface area contributed by atoms with E-state index in [1.165, 1.54) is 12.0 Å². The van der Waals surface area contributed by atoms with E-state index in [0.29, 0.717) is 17.9 Å². The molecule has 0 spiro atoms. The van der Waals surface area contributed by atoms with Gasteiger partial charge in [0.1, 0.15) is 17.3 Å². The molecule has 1 unspecified atom stereocenters. The number of hydrogen-bond donors (Lipinski definition) is 1. The summed E-state index contributed by atoms with van der Waals surface area (Å²) in [5, 5.41) is 11.6. The number of aliphatic hydroxyl groups is 1. The third kappa shape index (κ3) is 5.24. The Morgan fingerprint density at radius 1 is 0.973 bits per heavy atom. The fourth-order valence-corrected chi connectivity index (χ4v) is 4.58. The van der Waals surface area contributed by atoms with Crippen molar-refractivity contribution in [1.82, 2.24) is 4.90 Å². The molecule has 37 heavy (non-hydrogen) atoms. The van der Waals surface area contributed by atoms with Crippen molar-refractivity contribution in [2.75, 3.05) is 13.7 Å². The highest BCUT2D eigenvalue weighted by Crippen LogP contribution is 2.42. The first-order valence-electron chi connectivity index (χ1n) is 12.4. The lowest BCUT2D eigenvalue weighted by atomic mass is 9.85. The van der Waals surface area contributed by atoms with E-state index in [1.54, 1.807) is 6.07 Å². The van der Waals surface area contributed by atoms with Crippen LogP contribution in [0.25, 0.3) is 5.76 Å². The molecule has 1 amide bonds. The molecule has 1 fully saturated rings. The average molecular weight is 500 g/mol. The van der Waals surface area contributed by atoms with Gasteiger partial charge in [-0.2, -0.15) is 0 Å². The van der Waals surface area contributed by atoms with Crippen LogP contribution in [-0.4, -0.2) is 35.4 Å². The predicted octanol–water partition coefficient (Wildman–Crippen LogP) is 6.01. The largest absolute Gasteiger partial charge is 0.507 e. The van der Waals surface area contributed by atoms with Crippen molar-refractivity contribution in [2.45, 2.75) is 45.7 Å². The number of carbonyl (C=O) groups excluding carboxylic acids is 2. The number of nitrogens with zero attached hydrogens (tertiary/aromatic N) is 1. The second kappa shape index (κ2) is 10.5. The van der Waals surface area contributed by atoms with Crippen molar-refractivity contribution < 1.29 is 24.2 Å². The van der Waals surface area contributed by atoms with Crippen molar-refractivity contribution in [3.05, 3.63) is 101 Å². The lowest BCUT2D eigenvalue weighted by molar-refractivity contribution is -0.140. The van der Waals surface area contributed by atoms with Gasteiger partial charge in [0.2, 0.25) is 0 Å². The van der Waals surface area contributed by atoms with Gasteiger partial charge in [-0.3, -0.25) is 9.59 Å². The van der Waals surface area contributed by atoms with Crippen molar-refractivity contribution in [2.24, 2.45) is 0 Å². The summed E-state index contributed by atoms with van der Waals surface area (Å²) in [5.74, 6) is -0.464. The lowest BCUT2D eigenvalue weighted by Crippen LogP contribution is -2.29. The number of hydrogen-bond acceptors (Lipinski definition) is 5. The third-order valence-corrected chi connectivity index (χ3v) is 6.56. The van der Waals surface area contributed by atoms with Crippen LogP contribution in [0.5, 0.6) is 11.5 Å². The molecule has 192 valence electrons. The number of Topliss-reactive ketones (excluding diaryl/α,β-unsaturated/α-hetero) is 1. The zero-order chi connectivity index (χ0) is 26.7. The van der Waals surface area contributed by atoms with Crippen molar-refractivity contribution >= 4 is 17.4 Å². The Morgan fingerprint density at radius 2 is 1.65 bits per heavy atom. The molecule has 1 aliphatic heterocycles. The molecular weight excluding hydrogens is 466 g/mol. The number of rotatable bonds is 7. The molecule has 3 aromatic rings. The summed E-state index contributed by atoms with van der Waals surface area (Å²) >= 11 is 0. The van der Waals surface area contributed by atoms with Crippen LogP contribution < -0.4 is 9.47 Å². The maximum absolute atomic E-state index is 13.5. The Kier molecular flexibility index (Phi) is 7.39. The van der Waals surface area contributed by atoms with E-state index < -0.39 is 17.7 Å². The third-order valence-electron chi connectivity index (χ3n) is 6.56. The number of carbonyl (C=O) groups is 2. The molecule has 0 aliphatic carbocycles. The first-order valence-corrected chi connectivity index (χ1v) is 12.4. The average Bonchev–Trinajstić information content (AvgIpc) is 3.14. The summed E-state index contributed by atoms with van der Waals surface area (Å²) in [6.07, 6.45) is 0. The topological polar surface area (TPSA) is 76.1 Å². The normalized spacial score (nSPS) is 17.2. The van der Waals surface area contributed by atoms with Crippen LogP contribution in [0.2, 0.25) is 0 Å². The van der Waals surface area contributed by atoms with Crippen molar-refractivity contribution in [3.8, 4) is 11.5 Å². The van der Waals surface area contributed by atoms with E-state index in [0.717, 1.165) is 22.4 Å². The van der Waals surface area contributed by atoms with Gasteiger partial charge in [0.25, 0.3) is 11.7 Å². The summed E-state index contributed by atoms with van der Waals surface area (Å²) in [6.45, 7) is 8.88. The van der Waals surface area contributed by atoms with Crippen LogP contribution in [0.1, 0.15) is 56.0 Å². The molecule has 0 bridgehead atoms. The minimum atomic E-state index is -0.754. The van der Waals surface area contributed by atoms with E-state index in [1.807, 2.05) is 73.7 Å². The molecule has 0 aromatic heterocycles. The van der Waals surface area contributed by atoms with Crippen LogP contribution in [0.15, 0.2) is 78.4 Å². The molecule has 1 aliphatic rings. The molecule has 3 aromatic carbocycles. The minimum Gasteiger partial charge on any atom is -0.507 e. The maximum Gasteiger partial charge on any atom is 0.295 e. The summed E-state index contributed by atoms with van der Waals surface area (Å²) in [4.78, 5) is 28.3. The van der Waals surface area contributed by atoms with Crippen LogP contribution in [0, 0.1) is 0 Å². The fourth-order valence-electron chi connectivity index (χ4n) is 4.58. The fraction of sp³-hybridized carbons (Fsp3) is 0.290. The molecule has 6 nitrogen and oxygen atoms in total. The Balaban J connectivity index is 1.85. The maximum atomic E-state index is 13.5. The Labute approximate surface area is 218 Å². The predicted molar refractivity (Wildman–Crippen MR) is 144 cm³/mol. The van der Waals surface area contributed by atoms with E-state index in [2.05, 4.69) is 20.8 Å². The number of likely N-dealkylation sites (tertiary alicyclic amines) is 1. The number of amides is 1. The van der Waals surface area contributed by atoms with Crippen LogP contribution in [-0.2, 0) is 21.5 Å². The second-order valence-corrected chi connectivity index (χ2v) is 10.1. The van der Waals surface area contributed by atoms with E-state index in [-0.39, 0.29) is 23.3 Å². The number of ether oxygens (including phenoxy) is 2. The van der Waals surface area contributed by atoms with Gasteiger partial charge >= 0.3 is 0 Å². The van der Waals surface area contributed by atoms with Gasteiger partial charge in [-0.25, -0.2) is 0 Å². The molecule has 0 saturated carbocycles. The minimum absolute atomic E-state index is 0.0477. The van der Waals surface area contributed by atoms with Gasteiger partial charge in [-0.05, 0) is 53.3 Å². The van der Waals surface area contributed by atoms with E-state index in [9.17, 15) is 14.7 Å². The Bertz CT molecular complexity index is 1320. The molecule has 0 radical (unpaired) electrons. The molecule has 1 saturated heterocycles. The molecule has 6 heteroatoms. The standard InChI is InChI=1S/C31H33NO5/c1-6-37-23-15-12-20(13-16-23)19-32-27(21-10-8-7-9-11-21)26(29(34)30(32)35)28(33)24-18-22(31(2,3)4)14-17-25(24)36-5/h7-18,27,33H,6,19H2,1-5H3/b28-26+. The van der Waals surface area contributed by atoms with Crippen molar-refractivity contribution in [1.29, 1.82) is 0 Å².